The number of hydrogen-bond donors (Lipinski definition) is 0. The number of fused-ring (bicyclic) bond motifs is 8. The second-order valence-corrected chi connectivity index (χ2v) is 11.1. The van der Waals surface area contributed by atoms with Crippen LogP contribution in [0.5, 0.6) is 0 Å². The van der Waals surface area contributed by atoms with Crippen LogP contribution in [0.1, 0.15) is 37.8 Å². The minimum atomic E-state index is -0.0610. The zero-order valence-electron chi connectivity index (χ0n) is 21.0. The third-order valence-corrected chi connectivity index (χ3v) is 9.65. The molecule has 0 N–H and O–H groups in total. The Morgan fingerprint density at radius 2 is 1.77 bits per heavy atom. The Bertz CT molecular complexity index is 1390. The van der Waals surface area contributed by atoms with Gasteiger partial charge in [0.05, 0.1) is 6.04 Å². The molecule has 2 fully saturated rings. The number of allylic oxidation sites excluding steroid dienone is 5. The lowest BCUT2D eigenvalue weighted by Gasteiger charge is -2.50. The Kier molecular flexibility index (Phi) is 4.09. The second-order valence-electron chi connectivity index (χ2n) is 11.1. The van der Waals surface area contributed by atoms with Crippen LogP contribution in [0.3, 0.4) is 0 Å². The molecule has 7 rings (SSSR count). The normalized spacial score (nSPS) is 33.8. The first-order valence-electron chi connectivity index (χ1n) is 12.8. The number of aromatic nitrogens is 2. The van der Waals surface area contributed by atoms with E-state index in [0.717, 1.165) is 30.0 Å². The van der Waals surface area contributed by atoms with Gasteiger partial charge in [-0.2, -0.15) is 0 Å². The molecule has 1 saturated carbocycles. The maximum Gasteiger partial charge on any atom is 0.158 e. The fraction of sp³-hybridized carbons (Fsp3) is 0.355. The van der Waals surface area contributed by atoms with E-state index in [4.69, 9.17) is 9.97 Å². The Balaban J connectivity index is 1.54. The Labute approximate surface area is 208 Å². The molecule has 3 aliphatic carbocycles. The second kappa shape index (κ2) is 6.84. The maximum atomic E-state index is 4.99. The number of anilines is 2. The highest BCUT2D eigenvalue weighted by molar-refractivity contribution is 5.93. The molecule has 4 heteroatoms. The summed E-state index contributed by atoms with van der Waals surface area (Å²) in [5, 5.41) is 0. The first-order chi connectivity index (χ1) is 16.9. The third kappa shape index (κ3) is 2.38. The van der Waals surface area contributed by atoms with Crippen molar-refractivity contribution >= 4 is 11.5 Å². The SMILES string of the molecule is C=C1C2(C)C3C=CC=CC3N3c4ncnc(-c5c(C)cccc5C)c4N(C4=CCCC=C4)C3C12C. The van der Waals surface area contributed by atoms with Gasteiger partial charge in [0.1, 0.15) is 23.9 Å². The van der Waals surface area contributed by atoms with Crippen LogP contribution in [-0.4, -0.2) is 22.2 Å². The van der Waals surface area contributed by atoms with Crippen LogP contribution in [-0.2, 0) is 0 Å². The van der Waals surface area contributed by atoms with Gasteiger partial charge in [-0.1, -0.05) is 80.7 Å². The van der Waals surface area contributed by atoms with Gasteiger partial charge >= 0.3 is 0 Å². The number of nitrogens with zero attached hydrogens (tertiary/aromatic N) is 4. The predicted octanol–water partition coefficient (Wildman–Crippen LogP) is 6.65. The summed E-state index contributed by atoms with van der Waals surface area (Å²) in [6, 6.07) is 6.75. The van der Waals surface area contributed by atoms with E-state index in [1.165, 1.54) is 28.0 Å². The zero-order chi connectivity index (χ0) is 24.1. The quantitative estimate of drug-likeness (QED) is 0.470. The van der Waals surface area contributed by atoms with Crippen molar-refractivity contribution in [1.82, 2.24) is 9.97 Å². The van der Waals surface area contributed by atoms with Crippen LogP contribution >= 0.6 is 0 Å². The number of piperidine rings is 1. The van der Waals surface area contributed by atoms with Crippen molar-refractivity contribution in [1.29, 1.82) is 0 Å². The summed E-state index contributed by atoms with van der Waals surface area (Å²) in [6.07, 6.45) is 20.2. The summed E-state index contributed by atoms with van der Waals surface area (Å²) < 4.78 is 0. The van der Waals surface area contributed by atoms with Gasteiger partial charge in [0.2, 0.25) is 0 Å². The number of benzene rings is 1. The molecule has 0 radical (unpaired) electrons. The van der Waals surface area contributed by atoms with E-state index in [-0.39, 0.29) is 23.0 Å². The smallest absolute Gasteiger partial charge is 0.158 e. The molecule has 1 aromatic carbocycles. The monoisotopic (exact) mass is 460 g/mol. The van der Waals surface area contributed by atoms with Gasteiger partial charge in [-0.25, -0.2) is 9.97 Å². The summed E-state index contributed by atoms with van der Waals surface area (Å²) in [6.45, 7) is 13.9. The van der Waals surface area contributed by atoms with Crippen LogP contribution in [0.25, 0.3) is 11.3 Å². The summed E-state index contributed by atoms with van der Waals surface area (Å²) in [5.74, 6) is 1.42. The molecule has 35 heavy (non-hydrogen) atoms. The molecule has 1 aromatic heterocycles. The first-order valence-corrected chi connectivity index (χ1v) is 12.8. The maximum absolute atomic E-state index is 4.99. The topological polar surface area (TPSA) is 32.3 Å². The number of rotatable bonds is 2. The lowest BCUT2D eigenvalue weighted by Crippen LogP contribution is -2.60. The largest absolute Gasteiger partial charge is 0.326 e. The average molecular weight is 461 g/mol. The van der Waals surface area contributed by atoms with Crippen molar-refractivity contribution in [3.63, 3.8) is 0 Å². The van der Waals surface area contributed by atoms with Gasteiger partial charge in [0, 0.05) is 28.0 Å². The van der Waals surface area contributed by atoms with Gasteiger partial charge in [0.15, 0.2) is 5.82 Å². The van der Waals surface area contributed by atoms with Crippen molar-refractivity contribution in [3.8, 4) is 11.3 Å². The molecule has 0 amide bonds. The molecule has 176 valence electrons. The number of aryl methyl sites for hydroxylation is 2. The highest BCUT2D eigenvalue weighted by Crippen LogP contribution is 2.79. The van der Waals surface area contributed by atoms with E-state index in [2.05, 4.69) is 105 Å². The summed E-state index contributed by atoms with van der Waals surface area (Å²) in [7, 11) is 0. The summed E-state index contributed by atoms with van der Waals surface area (Å²) in [5.41, 5.74) is 8.47. The predicted molar refractivity (Wildman–Crippen MR) is 143 cm³/mol. The molecular formula is C31H32N4. The molecule has 1 saturated heterocycles. The Morgan fingerprint density at radius 1 is 1.00 bits per heavy atom. The molecule has 0 spiro atoms. The lowest BCUT2D eigenvalue weighted by molar-refractivity contribution is 0.186. The molecule has 2 aliphatic heterocycles. The van der Waals surface area contributed by atoms with Crippen LogP contribution in [0.2, 0.25) is 0 Å². The molecule has 5 aliphatic rings. The highest BCUT2D eigenvalue weighted by atomic mass is 15.5. The van der Waals surface area contributed by atoms with Gasteiger partial charge in [0.25, 0.3) is 0 Å². The van der Waals surface area contributed by atoms with Gasteiger partial charge in [-0.3, -0.25) is 0 Å². The average Bonchev–Trinajstić information content (AvgIpc) is 3.16. The van der Waals surface area contributed by atoms with Gasteiger partial charge in [-0.15, -0.1) is 0 Å². The van der Waals surface area contributed by atoms with Crippen molar-refractivity contribution in [2.24, 2.45) is 16.7 Å². The lowest BCUT2D eigenvalue weighted by atomic mass is 9.71. The van der Waals surface area contributed by atoms with Crippen molar-refractivity contribution < 1.29 is 0 Å². The Hall–Kier alpha value is -3.40. The van der Waals surface area contributed by atoms with E-state index in [1.807, 2.05) is 0 Å². The summed E-state index contributed by atoms with van der Waals surface area (Å²) >= 11 is 0. The molecule has 2 aromatic rings. The summed E-state index contributed by atoms with van der Waals surface area (Å²) in [4.78, 5) is 15.1. The standard InChI is InChI=1S/C31H32N4/c1-19-12-11-13-20(2)25(19)26-27-28(33-18-32-26)35-24-17-10-9-16-23(24)30(4)21(3)31(30,5)29(35)34(27)22-14-7-6-8-15-22/h7,9-18,23-24,29H,3,6,8H2,1-2,4-5H3. The van der Waals surface area contributed by atoms with Crippen LogP contribution in [0.4, 0.5) is 11.5 Å². The Morgan fingerprint density at radius 3 is 2.51 bits per heavy atom. The van der Waals surface area contributed by atoms with Gasteiger partial charge < -0.3 is 9.80 Å². The van der Waals surface area contributed by atoms with Crippen LogP contribution in [0, 0.1) is 30.6 Å². The van der Waals surface area contributed by atoms with E-state index in [1.54, 1.807) is 6.33 Å². The zero-order valence-corrected chi connectivity index (χ0v) is 21.0. The molecule has 5 atom stereocenters. The van der Waals surface area contributed by atoms with E-state index in [0.29, 0.717) is 5.92 Å². The molecule has 5 unspecified atom stereocenters. The van der Waals surface area contributed by atoms with E-state index < -0.39 is 0 Å². The van der Waals surface area contributed by atoms with Gasteiger partial charge in [-0.05, 0) is 43.9 Å². The van der Waals surface area contributed by atoms with Crippen molar-refractivity contribution in [2.45, 2.75) is 52.7 Å². The fourth-order valence-corrected chi connectivity index (χ4v) is 7.60. The van der Waals surface area contributed by atoms with Crippen molar-refractivity contribution in [3.05, 3.63) is 96.0 Å². The minimum Gasteiger partial charge on any atom is -0.326 e. The molecular weight excluding hydrogens is 428 g/mol. The third-order valence-electron chi connectivity index (χ3n) is 9.65. The fourth-order valence-electron chi connectivity index (χ4n) is 7.60. The molecule has 4 nitrogen and oxygen atoms in total. The van der Waals surface area contributed by atoms with Crippen LogP contribution < -0.4 is 9.80 Å². The van der Waals surface area contributed by atoms with E-state index >= 15 is 0 Å². The minimum absolute atomic E-state index is 0.0471. The first kappa shape index (κ1) is 20.9. The van der Waals surface area contributed by atoms with Crippen LogP contribution in [0.15, 0.2) is 84.9 Å². The van der Waals surface area contributed by atoms with Crippen molar-refractivity contribution in [2.75, 3.05) is 9.80 Å². The molecule has 0 bridgehead atoms. The molecule has 3 heterocycles. The van der Waals surface area contributed by atoms with E-state index in [9.17, 15) is 0 Å². The highest BCUT2D eigenvalue weighted by Gasteiger charge is 2.79. The number of hydrogen-bond acceptors (Lipinski definition) is 4.